The summed E-state index contributed by atoms with van der Waals surface area (Å²) in [6.45, 7) is 1.72. The van der Waals surface area contributed by atoms with Gasteiger partial charge in [0.25, 0.3) is 0 Å². The van der Waals surface area contributed by atoms with Gasteiger partial charge in [0.1, 0.15) is 0 Å². The number of benzene rings is 2. The number of nitrogens with zero attached hydrogens (tertiary/aromatic N) is 2. The van der Waals surface area contributed by atoms with Gasteiger partial charge in [0, 0.05) is 95.2 Å². The zero-order valence-electron chi connectivity index (χ0n) is 13.6. The lowest BCUT2D eigenvalue weighted by Gasteiger charge is -2.04. The first-order valence-electron chi connectivity index (χ1n) is 7.83. The van der Waals surface area contributed by atoms with Crippen LogP contribution in [0.4, 0.5) is 0 Å². The highest BCUT2D eigenvalue weighted by molar-refractivity contribution is 9.15. The van der Waals surface area contributed by atoms with Crippen LogP contribution >= 0.6 is 127 Å². The Morgan fingerprint density at radius 1 is 0.393 bits per heavy atom. The molecule has 0 radical (unpaired) electrons. The van der Waals surface area contributed by atoms with E-state index < -0.39 is 0 Å². The van der Waals surface area contributed by atoms with E-state index in [2.05, 4.69) is 161 Å². The van der Waals surface area contributed by atoms with E-state index in [1.165, 1.54) is 0 Å². The van der Waals surface area contributed by atoms with Crippen molar-refractivity contribution in [3.8, 4) is 0 Å². The molecule has 0 spiro atoms. The van der Waals surface area contributed by atoms with Crippen LogP contribution in [0, 0.1) is 0 Å². The molecule has 4 rings (SSSR count). The van der Waals surface area contributed by atoms with E-state index in [0.29, 0.717) is 0 Å². The van der Waals surface area contributed by atoms with E-state index in [1.807, 2.05) is 0 Å². The SMILES string of the molecule is Brc1c(Br)c(Br)c2cn(CCn3cc4c(Br)c(Br)c(Br)c(Br)c4c3)cc2c1Br. The Morgan fingerprint density at radius 3 is 0.821 bits per heavy atom. The van der Waals surface area contributed by atoms with Crippen LogP contribution in [0.25, 0.3) is 21.5 Å². The number of aromatic nitrogens is 2. The fourth-order valence-corrected chi connectivity index (χ4v) is 7.83. The number of hydrogen-bond donors (Lipinski definition) is 0. The Morgan fingerprint density at radius 2 is 0.607 bits per heavy atom. The lowest BCUT2D eigenvalue weighted by molar-refractivity contribution is 0.585. The molecule has 0 aliphatic heterocycles. The summed E-state index contributed by atoms with van der Waals surface area (Å²) in [7, 11) is 0. The van der Waals surface area contributed by atoms with Gasteiger partial charge in [-0.15, -0.1) is 0 Å². The predicted octanol–water partition coefficient (Wildman–Crippen LogP) is 10.4. The molecule has 146 valence electrons. The predicted molar refractivity (Wildman–Crippen MR) is 145 cm³/mol. The van der Waals surface area contributed by atoms with Crippen molar-refractivity contribution < 1.29 is 0 Å². The maximum absolute atomic E-state index is 3.69. The van der Waals surface area contributed by atoms with Gasteiger partial charge in [-0.05, 0) is 127 Å². The minimum Gasteiger partial charge on any atom is -0.351 e. The molecule has 10 heteroatoms. The summed E-state index contributed by atoms with van der Waals surface area (Å²) in [5.74, 6) is 0. The molecule has 0 fully saturated rings. The van der Waals surface area contributed by atoms with Crippen molar-refractivity contribution in [3.63, 3.8) is 0 Å². The summed E-state index contributed by atoms with van der Waals surface area (Å²) in [6.07, 6.45) is 8.68. The Labute approximate surface area is 228 Å². The summed E-state index contributed by atoms with van der Waals surface area (Å²) in [6, 6.07) is 0. The van der Waals surface area contributed by atoms with Gasteiger partial charge in [-0.1, -0.05) is 0 Å². The van der Waals surface area contributed by atoms with Crippen molar-refractivity contribution >= 4 is 149 Å². The first-order valence-corrected chi connectivity index (χ1v) is 14.2. The van der Waals surface area contributed by atoms with Crippen molar-refractivity contribution in [1.82, 2.24) is 9.13 Å². The average molecular weight is 892 g/mol. The van der Waals surface area contributed by atoms with Gasteiger partial charge in [-0.3, -0.25) is 0 Å². The lowest BCUT2D eigenvalue weighted by Crippen LogP contribution is -2.03. The molecular formula is C18H8Br8N2. The molecule has 0 saturated heterocycles. The molecule has 2 aromatic heterocycles. The zero-order chi connectivity index (χ0) is 20.3. The Bertz CT molecular complexity index is 1070. The molecule has 28 heavy (non-hydrogen) atoms. The van der Waals surface area contributed by atoms with Crippen molar-refractivity contribution in [2.45, 2.75) is 13.1 Å². The smallest absolute Gasteiger partial charge is 0.0478 e. The summed E-state index contributed by atoms with van der Waals surface area (Å²) in [5, 5.41) is 4.66. The van der Waals surface area contributed by atoms with E-state index >= 15 is 0 Å². The zero-order valence-corrected chi connectivity index (χ0v) is 26.3. The first-order chi connectivity index (χ1) is 13.2. The van der Waals surface area contributed by atoms with Crippen LogP contribution in [0.3, 0.4) is 0 Å². The Balaban J connectivity index is 1.68. The Hall–Kier alpha value is 1.36. The van der Waals surface area contributed by atoms with Crippen LogP contribution in [0.15, 0.2) is 60.6 Å². The van der Waals surface area contributed by atoms with Crippen LogP contribution < -0.4 is 0 Å². The van der Waals surface area contributed by atoms with E-state index in [1.54, 1.807) is 0 Å². The minimum absolute atomic E-state index is 0.862. The van der Waals surface area contributed by atoms with Crippen LogP contribution in [0.5, 0.6) is 0 Å². The largest absolute Gasteiger partial charge is 0.351 e. The molecule has 4 aromatic rings. The molecule has 0 aliphatic rings. The molecule has 0 saturated carbocycles. The standard InChI is InChI=1S/C18H8Br8N2/c19-11-7-3-27(4-8(7)12(20)16(24)15(11)23)1-2-28-5-9-10(6-28)14(22)18(26)17(25)13(9)21/h3-6H,1-2H2. The van der Waals surface area contributed by atoms with E-state index in [0.717, 1.165) is 70.4 Å². The summed E-state index contributed by atoms with van der Waals surface area (Å²) >= 11 is 29.3. The molecule has 2 aromatic carbocycles. The monoisotopic (exact) mass is 883 g/mol. The third-order valence-electron chi connectivity index (χ3n) is 4.48. The highest BCUT2D eigenvalue weighted by Crippen LogP contribution is 2.45. The third-order valence-corrected chi connectivity index (χ3v) is 14.1. The topological polar surface area (TPSA) is 9.86 Å². The maximum Gasteiger partial charge on any atom is 0.0478 e. The number of fused-ring (bicyclic) bond motifs is 2. The van der Waals surface area contributed by atoms with E-state index in [9.17, 15) is 0 Å². The summed E-state index contributed by atoms with van der Waals surface area (Å²) in [5.41, 5.74) is 0. The van der Waals surface area contributed by atoms with Crippen LogP contribution in [0.1, 0.15) is 0 Å². The molecule has 0 N–H and O–H groups in total. The van der Waals surface area contributed by atoms with Crippen LogP contribution in [0.2, 0.25) is 0 Å². The van der Waals surface area contributed by atoms with Crippen molar-refractivity contribution in [2.75, 3.05) is 0 Å². The number of hydrogen-bond acceptors (Lipinski definition) is 0. The molecular weight excluding hydrogens is 883 g/mol. The summed E-state index contributed by atoms with van der Waals surface area (Å²) in [4.78, 5) is 0. The number of halogens is 8. The third kappa shape index (κ3) is 3.84. The van der Waals surface area contributed by atoms with Crippen LogP contribution in [-0.4, -0.2) is 9.13 Å². The molecule has 2 nitrogen and oxygen atoms in total. The molecule has 0 atom stereocenters. The molecule has 0 amide bonds. The molecule has 0 bridgehead atoms. The average Bonchev–Trinajstić information content (AvgIpc) is 3.30. The van der Waals surface area contributed by atoms with Gasteiger partial charge in [0.05, 0.1) is 0 Å². The maximum atomic E-state index is 3.69. The highest BCUT2D eigenvalue weighted by Gasteiger charge is 2.17. The van der Waals surface area contributed by atoms with Gasteiger partial charge < -0.3 is 9.13 Å². The van der Waals surface area contributed by atoms with Crippen molar-refractivity contribution in [1.29, 1.82) is 0 Å². The summed E-state index contributed by atoms with van der Waals surface area (Å²) < 4.78 is 12.7. The van der Waals surface area contributed by atoms with E-state index in [-0.39, 0.29) is 0 Å². The van der Waals surface area contributed by atoms with Gasteiger partial charge in [-0.25, -0.2) is 0 Å². The highest BCUT2D eigenvalue weighted by atomic mass is 79.9. The molecule has 0 unspecified atom stereocenters. The number of rotatable bonds is 3. The quantitative estimate of drug-likeness (QED) is 0.143. The molecule has 0 aliphatic carbocycles. The van der Waals surface area contributed by atoms with Gasteiger partial charge in [0.2, 0.25) is 0 Å². The van der Waals surface area contributed by atoms with Gasteiger partial charge in [0.15, 0.2) is 0 Å². The van der Waals surface area contributed by atoms with Gasteiger partial charge in [-0.2, -0.15) is 0 Å². The van der Waals surface area contributed by atoms with E-state index in [4.69, 9.17) is 0 Å². The Kier molecular flexibility index (Phi) is 7.02. The van der Waals surface area contributed by atoms with Crippen molar-refractivity contribution in [3.05, 3.63) is 60.6 Å². The van der Waals surface area contributed by atoms with Gasteiger partial charge >= 0.3 is 0 Å². The minimum atomic E-state index is 0.862. The van der Waals surface area contributed by atoms with Crippen molar-refractivity contribution in [2.24, 2.45) is 0 Å². The fourth-order valence-electron chi connectivity index (χ4n) is 3.06. The second-order valence-corrected chi connectivity index (χ2v) is 12.5. The normalized spacial score (nSPS) is 11.9. The van der Waals surface area contributed by atoms with Crippen LogP contribution in [-0.2, 0) is 13.1 Å². The lowest BCUT2D eigenvalue weighted by atomic mass is 10.2. The first kappa shape index (κ1) is 22.6. The second kappa shape index (κ2) is 8.71. The molecule has 2 heterocycles. The fraction of sp³-hybridized carbons (Fsp3) is 0.111. The second-order valence-electron chi connectivity index (χ2n) is 6.16. The number of aryl methyl sites for hydroxylation is 2.